The van der Waals surface area contributed by atoms with Crippen molar-refractivity contribution < 1.29 is 37.5 Å². The van der Waals surface area contributed by atoms with Gasteiger partial charge in [-0.3, -0.25) is 20.2 Å². The van der Waals surface area contributed by atoms with E-state index in [9.17, 15) is 33.2 Å². The zero-order valence-electron chi connectivity index (χ0n) is 17.9. The number of ether oxygens (including phenoxy) is 2. The lowest BCUT2D eigenvalue weighted by molar-refractivity contribution is -0.384. The first kappa shape index (κ1) is 24.5. The number of nitro groups is 1. The van der Waals surface area contributed by atoms with E-state index in [1.54, 1.807) is 0 Å². The van der Waals surface area contributed by atoms with Crippen molar-refractivity contribution >= 4 is 54.3 Å². The molecule has 13 nitrogen and oxygen atoms in total. The van der Waals surface area contributed by atoms with Gasteiger partial charge >= 0.3 is 5.97 Å². The number of morpholine rings is 1. The Kier molecular flexibility index (Phi) is 6.93. The predicted octanol–water partition coefficient (Wildman–Crippen LogP) is 1.73. The normalized spacial score (nSPS) is 14.5. The zero-order valence-corrected chi connectivity index (χ0v) is 19.5. The van der Waals surface area contributed by atoms with Gasteiger partial charge in [0.1, 0.15) is 11.3 Å². The van der Waals surface area contributed by atoms with Gasteiger partial charge in [0, 0.05) is 25.2 Å². The summed E-state index contributed by atoms with van der Waals surface area (Å²) in [5, 5.41) is 23.5. The maximum absolute atomic E-state index is 12.8. The summed E-state index contributed by atoms with van der Waals surface area (Å²) < 4.78 is 37.4. The van der Waals surface area contributed by atoms with Gasteiger partial charge in [-0.1, -0.05) is 11.3 Å². The van der Waals surface area contributed by atoms with Gasteiger partial charge < -0.3 is 14.6 Å². The van der Waals surface area contributed by atoms with E-state index in [0.717, 1.165) is 23.5 Å². The van der Waals surface area contributed by atoms with E-state index in [0.29, 0.717) is 10.2 Å². The van der Waals surface area contributed by atoms with Gasteiger partial charge in [0.25, 0.3) is 11.6 Å². The number of nitrogens with zero attached hydrogens (tertiary/aromatic N) is 3. The molecule has 0 bridgehead atoms. The second-order valence-corrected chi connectivity index (χ2v) is 10.2. The van der Waals surface area contributed by atoms with Gasteiger partial charge in [0.05, 0.1) is 33.2 Å². The van der Waals surface area contributed by atoms with Gasteiger partial charge in [-0.15, -0.1) is 0 Å². The van der Waals surface area contributed by atoms with Gasteiger partial charge in [0.2, 0.25) is 10.0 Å². The molecule has 0 radical (unpaired) electrons. The SMILES string of the molecule is O=C(COC(=O)c1cc(S(=O)(=O)N2CCOCC2)ccc1O)Nc1nc2ccc([N+](=O)[O-])cc2s1. The van der Waals surface area contributed by atoms with Crippen LogP contribution < -0.4 is 5.32 Å². The minimum absolute atomic E-state index is 0.120. The number of thiazole rings is 1. The van der Waals surface area contributed by atoms with E-state index >= 15 is 0 Å². The third kappa shape index (κ3) is 5.37. The maximum Gasteiger partial charge on any atom is 0.342 e. The number of hydrogen-bond donors (Lipinski definition) is 2. The molecular formula is C20H18N4O9S2. The highest BCUT2D eigenvalue weighted by Gasteiger charge is 2.28. The van der Waals surface area contributed by atoms with Crippen molar-refractivity contribution in [3.8, 4) is 5.75 Å². The quantitative estimate of drug-likeness (QED) is 0.264. The fourth-order valence-electron chi connectivity index (χ4n) is 3.22. The number of esters is 1. The number of aromatic nitrogens is 1. The molecule has 184 valence electrons. The van der Waals surface area contributed by atoms with Crippen LogP contribution in [0.15, 0.2) is 41.3 Å². The molecule has 2 heterocycles. The average Bonchev–Trinajstić information content (AvgIpc) is 3.24. The first-order chi connectivity index (χ1) is 16.6. The number of rotatable bonds is 7. The maximum atomic E-state index is 12.8. The Labute approximate surface area is 202 Å². The largest absolute Gasteiger partial charge is 0.507 e. The number of sulfonamides is 1. The molecule has 4 rings (SSSR count). The Hall–Kier alpha value is -3.66. The molecule has 35 heavy (non-hydrogen) atoms. The minimum atomic E-state index is -3.92. The number of amides is 1. The van der Waals surface area contributed by atoms with Gasteiger partial charge in [0.15, 0.2) is 11.7 Å². The minimum Gasteiger partial charge on any atom is -0.507 e. The van der Waals surface area contributed by atoms with Crippen molar-refractivity contribution in [2.75, 3.05) is 38.2 Å². The van der Waals surface area contributed by atoms with Crippen LogP contribution in [-0.2, 0) is 24.3 Å². The molecule has 0 atom stereocenters. The van der Waals surface area contributed by atoms with Gasteiger partial charge in [-0.2, -0.15) is 4.31 Å². The lowest BCUT2D eigenvalue weighted by atomic mass is 10.2. The number of phenolic OH excluding ortho intramolecular Hbond substituents is 1. The first-order valence-corrected chi connectivity index (χ1v) is 12.3. The van der Waals surface area contributed by atoms with Crippen LogP contribution in [0.1, 0.15) is 10.4 Å². The van der Waals surface area contributed by atoms with E-state index < -0.39 is 44.7 Å². The standard InChI is InChI=1S/C20H18N4O9S2/c25-16-4-2-13(35(30,31)23-5-7-32-8-6-23)10-14(16)19(27)33-11-18(26)22-20-21-15-3-1-12(24(28)29)9-17(15)34-20/h1-4,9-10,25H,5-8,11H2,(H,21,22,26). The molecule has 2 N–H and O–H groups in total. The second kappa shape index (κ2) is 9.91. The highest BCUT2D eigenvalue weighted by atomic mass is 32.2. The van der Waals surface area contributed by atoms with Crippen molar-refractivity contribution in [1.29, 1.82) is 0 Å². The van der Waals surface area contributed by atoms with Crippen LogP contribution in [0.2, 0.25) is 0 Å². The molecule has 1 aliphatic heterocycles. The highest BCUT2D eigenvalue weighted by molar-refractivity contribution is 7.89. The molecule has 0 spiro atoms. The number of fused-ring (bicyclic) bond motifs is 1. The molecule has 15 heteroatoms. The highest BCUT2D eigenvalue weighted by Crippen LogP contribution is 2.29. The third-order valence-electron chi connectivity index (χ3n) is 4.96. The molecule has 1 aliphatic rings. The fraction of sp³-hybridized carbons (Fsp3) is 0.250. The van der Waals surface area contributed by atoms with E-state index in [4.69, 9.17) is 9.47 Å². The van der Waals surface area contributed by atoms with Crippen molar-refractivity contribution in [1.82, 2.24) is 9.29 Å². The lowest BCUT2D eigenvalue weighted by Crippen LogP contribution is -2.40. The molecule has 0 saturated carbocycles. The van der Waals surface area contributed by atoms with E-state index in [1.165, 1.54) is 28.6 Å². The summed E-state index contributed by atoms with van der Waals surface area (Å²) in [7, 11) is -3.92. The summed E-state index contributed by atoms with van der Waals surface area (Å²) >= 11 is 1.00. The van der Waals surface area contributed by atoms with Crippen LogP contribution >= 0.6 is 11.3 Å². The van der Waals surface area contributed by atoms with Crippen LogP contribution in [0.4, 0.5) is 10.8 Å². The monoisotopic (exact) mass is 522 g/mol. The van der Waals surface area contributed by atoms with Crippen molar-refractivity contribution in [3.05, 3.63) is 52.1 Å². The average molecular weight is 523 g/mol. The third-order valence-corrected chi connectivity index (χ3v) is 7.79. The summed E-state index contributed by atoms with van der Waals surface area (Å²) in [4.78, 5) is 38.9. The Balaban J connectivity index is 1.41. The second-order valence-electron chi connectivity index (χ2n) is 7.25. The number of nitro benzene ring substituents is 1. The smallest absolute Gasteiger partial charge is 0.342 e. The molecule has 1 amide bonds. The Morgan fingerprint density at radius 3 is 2.69 bits per heavy atom. The van der Waals surface area contributed by atoms with Crippen LogP contribution in [0.25, 0.3) is 10.2 Å². The molecule has 1 aromatic heterocycles. The summed E-state index contributed by atoms with van der Waals surface area (Å²) in [6.45, 7) is 0.0546. The van der Waals surface area contributed by atoms with Crippen LogP contribution in [-0.4, -0.2) is 72.5 Å². The van der Waals surface area contributed by atoms with Crippen molar-refractivity contribution in [3.63, 3.8) is 0 Å². The van der Waals surface area contributed by atoms with Crippen LogP contribution in [0.3, 0.4) is 0 Å². The van der Waals surface area contributed by atoms with E-state index in [-0.39, 0.29) is 42.0 Å². The molecule has 1 saturated heterocycles. The summed E-state index contributed by atoms with van der Waals surface area (Å²) in [6.07, 6.45) is 0. The predicted molar refractivity (Wildman–Crippen MR) is 123 cm³/mol. The number of nitrogens with one attached hydrogen (secondary N) is 1. The number of non-ortho nitro benzene ring substituents is 1. The number of carbonyl (C=O) groups is 2. The number of aromatic hydroxyl groups is 1. The molecule has 0 aliphatic carbocycles. The van der Waals surface area contributed by atoms with Crippen molar-refractivity contribution in [2.45, 2.75) is 4.90 Å². The summed E-state index contributed by atoms with van der Waals surface area (Å²) in [5.41, 5.74) is -0.0961. The Bertz CT molecular complexity index is 1420. The Morgan fingerprint density at radius 2 is 1.97 bits per heavy atom. The lowest BCUT2D eigenvalue weighted by Gasteiger charge is -2.26. The Morgan fingerprint density at radius 1 is 1.23 bits per heavy atom. The zero-order chi connectivity index (χ0) is 25.2. The fourth-order valence-corrected chi connectivity index (χ4v) is 5.57. The molecule has 2 aromatic carbocycles. The number of hydrogen-bond acceptors (Lipinski definition) is 11. The first-order valence-electron chi connectivity index (χ1n) is 10.1. The van der Waals surface area contributed by atoms with Crippen LogP contribution in [0, 0.1) is 10.1 Å². The molecule has 0 unspecified atom stereocenters. The summed E-state index contributed by atoms with van der Waals surface area (Å²) in [5.74, 6) is -2.36. The summed E-state index contributed by atoms with van der Waals surface area (Å²) in [6, 6.07) is 7.27. The topological polar surface area (TPSA) is 178 Å². The van der Waals surface area contributed by atoms with Crippen LogP contribution in [0.5, 0.6) is 5.75 Å². The number of carbonyl (C=O) groups excluding carboxylic acids is 2. The van der Waals surface area contributed by atoms with E-state index in [1.807, 2.05) is 0 Å². The number of phenols is 1. The van der Waals surface area contributed by atoms with Gasteiger partial charge in [-0.05, 0) is 24.3 Å². The van der Waals surface area contributed by atoms with E-state index in [2.05, 4.69) is 10.3 Å². The van der Waals surface area contributed by atoms with Crippen molar-refractivity contribution in [2.24, 2.45) is 0 Å². The number of benzene rings is 2. The molecular weight excluding hydrogens is 504 g/mol. The molecule has 3 aromatic rings. The van der Waals surface area contributed by atoms with Gasteiger partial charge in [-0.25, -0.2) is 18.2 Å². The molecule has 1 fully saturated rings. The number of anilines is 1.